The van der Waals surface area contributed by atoms with Crippen molar-refractivity contribution in [3.63, 3.8) is 0 Å². The number of benzene rings is 2. The maximum atomic E-state index is 6.11. The molecule has 2 N–H and O–H groups in total. The molecular formula is C18H22ClNO. The van der Waals surface area contributed by atoms with Crippen LogP contribution in [0.4, 0.5) is 0 Å². The van der Waals surface area contributed by atoms with Crippen LogP contribution >= 0.6 is 12.4 Å². The van der Waals surface area contributed by atoms with Crippen molar-refractivity contribution in [3.8, 4) is 5.75 Å². The molecule has 0 saturated carbocycles. The summed E-state index contributed by atoms with van der Waals surface area (Å²) in [6, 6.07) is 18.2. The van der Waals surface area contributed by atoms with E-state index in [2.05, 4.69) is 18.7 Å². The van der Waals surface area contributed by atoms with Crippen molar-refractivity contribution in [3.05, 3.63) is 78.4 Å². The summed E-state index contributed by atoms with van der Waals surface area (Å²) in [5.41, 5.74) is 8.41. The van der Waals surface area contributed by atoms with E-state index >= 15 is 0 Å². The summed E-state index contributed by atoms with van der Waals surface area (Å²) in [7, 11) is 0. The first-order valence-corrected chi connectivity index (χ1v) is 6.93. The zero-order valence-corrected chi connectivity index (χ0v) is 12.9. The molecule has 112 valence electrons. The molecule has 0 unspecified atom stereocenters. The molecule has 0 aromatic heterocycles. The second-order valence-electron chi connectivity index (χ2n) is 4.82. The van der Waals surface area contributed by atoms with E-state index in [4.69, 9.17) is 10.5 Å². The zero-order valence-electron chi connectivity index (χ0n) is 12.1. The lowest BCUT2D eigenvalue weighted by Crippen LogP contribution is -2.09. The lowest BCUT2D eigenvalue weighted by molar-refractivity contribution is 0.306. The van der Waals surface area contributed by atoms with Crippen LogP contribution in [0.3, 0.4) is 0 Å². The molecule has 3 heteroatoms. The Kier molecular flexibility index (Phi) is 7.59. The summed E-state index contributed by atoms with van der Waals surface area (Å²) >= 11 is 0. The van der Waals surface area contributed by atoms with Crippen molar-refractivity contribution >= 4 is 12.4 Å². The van der Waals surface area contributed by atoms with Gasteiger partial charge in [0.1, 0.15) is 12.4 Å². The van der Waals surface area contributed by atoms with Crippen LogP contribution in [0, 0.1) is 0 Å². The first kappa shape index (κ1) is 17.3. The number of hydrogen-bond acceptors (Lipinski definition) is 2. The largest absolute Gasteiger partial charge is 0.489 e. The fourth-order valence-electron chi connectivity index (χ4n) is 2.02. The van der Waals surface area contributed by atoms with Crippen LogP contribution in [0.2, 0.25) is 0 Å². The second-order valence-corrected chi connectivity index (χ2v) is 4.82. The van der Waals surface area contributed by atoms with Crippen LogP contribution < -0.4 is 10.5 Å². The summed E-state index contributed by atoms with van der Waals surface area (Å²) < 4.78 is 5.75. The fraction of sp³-hybridized carbons (Fsp3) is 0.222. The molecule has 0 spiro atoms. The Balaban J connectivity index is 0.00000220. The van der Waals surface area contributed by atoms with Crippen LogP contribution in [0.5, 0.6) is 5.75 Å². The third kappa shape index (κ3) is 5.62. The highest BCUT2D eigenvalue weighted by Gasteiger charge is 2.05. The topological polar surface area (TPSA) is 35.2 Å². The molecule has 0 aliphatic carbocycles. The molecule has 21 heavy (non-hydrogen) atoms. The molecule has 0 saturated heterocycles. The van der Waals surface area contributed by atoms with Crippen LogP contribution in [0.15, 0.2) is 67.3 Å². The van der Waals surface area contributed by atoms with Gasteiger partial charge in [0.25, 0.3) is 0 Å². The Hall–Kier alpha value is -1.77. The standard InChI is InChI=1S/C18H21NO.ClH/c1-2-3-9-18(19)16-10-12-17(13-11-16)20-14-15-7-5-4-6-8-15;/h2,4-8,10-13,18H,1,3,9,14,19H2;1H/t18-;/m0./s1. The predicted octanol–water partition coefficient (Wildman–Crippen LogP) is 4.65. The van der Waals surface area contributed by atoms with Gasteiger partial charge in [-0.1, -0.05) is 48.5 Å². The smallest absolute Gasteiger partial charge is 0.119 e. The molecule has 2 nitrogen and oxygen atoms in total. The van der Waals surface area contributed by atoms with Crippen molar-refractivity contribution in [2.75, 3.05) is 0 Å². The van der Waals surface area contributed by atoms with E-state index in [1.54, 1.807) is 0 Å². The van der Waals surface area contributed by atoms with Crippen molar-refractivity contribution in [2.24, 2.45) is 5.73 Å². The van der Waals surface area contributed by atoms with Gasteiger partial charge in [0.15, 0.2) is 0 Å². The minimum absolute atomic E-state index is 0. The molecule has 0 aliphatic heterocycles. The number of rotatable bonds is 7. The third-order valence-electron chi connectivity index (χ3n) is 3.24. The molecular weight excluding hydrogens is 282 g/mol. The van der Waals surface area contributed by atoms with E-state index < -0.39 is 0 Å². The molecule has 0 radical (unpaired) electrons. The molecule has 0 fully saturated rings. The van der Waals surface area contributed by atoms with E-state index in [1.807, 2.05) is 48.5 Å². The maximum Gasteiger partial charge on any atom is 0.119 e. The number of nitrogens with two attached hydrogens (primary N) is 1. The molecule has 0 heterocycles. The fourth-order valence-corrected chi connectivity index (χ4v) is 2.02. The molecule has 0 aliphatic rings. The predicted molar refractivity (Wildman–Crippen MR) is 90.8 cm³/mol. The van der Waals surface area contributed by atoms with E-state index in [9.17, 15) is 0 Å². The third-order valence-corrected chi connectivity index (χ3v) is 3.24. The van der Waals surface area contributed by atoms with Crippen molar-refractivity contribution in [1.82, 2.24) is 0 Å². The second kappa shape index (κ2) is 9.22. The quantitative estimate of drug-likeness (QED) is 0.755. The molecule has 2 aromatic rings. The summed E-state index contributed by atoms with van der Waals surface area (Å²) in [6.45, 7) is 4.30. The highest BCUT2D eigenvalue weighted by molar-refractivity contribution is 5.85. The van der Waals surface area contributed by atoms with Gasteiger partial charge >= 0.3 is 0 Å². The highest BCUT2D eigenvalue weighted by Crippen LogP contribution is 2.20. The van der Waals surface area contributed by atoms with Crippen LogP contribution in [-0.2, 0) is 6.61 Å². The first-order chi connectivity index (χ1) is 9.79. The van der Waals surface area contributed by atoms with E-state index in [1.165, 1.54) is 5.56 Å². The SMILES string of the molecule is C=CCC[C@H](N)c1ccc(OCc2ccccc2)cc1.Cl. The van der Waals surface area contributed by atoms with Gasteiger partial charge in [-0.05, 0) is 36.1 Å². The lowest BCUT2D eigenvalue weighted by Gasteiger charge is -2.12. The van der Waals surface area contributed by atoms with Gasteiger partial charge in [-0.25, -0.2) is 0 Å². The minimum Gasteiger partial charge on any atom is -0.489 e. The number of hydrogen-bond donors (Lipinski definition) is 1. The number of halogens is 1. The van der Waals surface area contributed by atoms with Gasteiger partial charge in [0.2, 0.25) is 0 Å². The van der Waals surface area contributed by atoms with Gasteiger partial charge in [0.05, 0.1) is 0 Å². The Morgan fingerprint density at radius 1 is 1.05 bits per heavy atom. The summed E-state index contributed by atoms with van der Waals surface area (Å²) in [4.78, 5) is 0. The Morgan fingerprint density at radius 2 is 1.71 bits per heavy atom. The van der Waals surface area contributed by atoms with Crippen LogP contribution in [0.25, 0.3) is 0 Å². The molecule has 0 bridgehead atoms. The number of allylic oxidation sites excluding steroid dienone is 1. The summed E-state index contributed by atoms with van der Waals surface area (Å²) in [5, 5.41) is 0. The summed E-state index contributed by atoms with van der Waals surface area (Å²) in [6.07, 6.45) is 3.76. The summed E-state index contributed by atoms with van der Waals surface area (Å²) in [5.74, 6) is 0.869. The monoisotopic (exact) mass is 303 g/mol. The normalized spacial score (nSPS) is 11.3. The number of ether oxygens (including phenoxy) is 1. The van der Waals surface area contributed by atoms with Crippen LogP contribution in [0.1, 0.15) is 30.0 Å². The van der Waals surface area contributed by atoms with Crippen molar-refractivity contribution in [1.29, 1.82) is 0 Å². The maximum absolute atomic E-state index is 6.11. The molecule has 2 rings (SSSR count). The van der Waals surface area contributed by atoms with Crippen molar-refractivity contribution < 1.29 is 4.74 Å². The van der Waals surface area contributed by atoms with Gasteiger partial charge in [0, 0.05) is 6.04 Å². The molecule has 1 atom stereocenters. The Morgan fingerprint density at radius 3 is 2.33 bits per heavy atom. The van der Waals surface area contributed by atoms with Crippen LogP contribution in [-0.4, -0.2) is 0 Å². The minimum atomic E-state index is 0. The Labute approximate surface area is 133 Å². The van der Waals surface area contributed by atoms with Crippen molar-refractivity contribution in [2.45, 2.75) is 25.5 Å². The molecule has 2 aromatic carbocycles. The zero-order chi connectivity index (χ0) is 14.2. The van der Waals surface area contributed by atoms with Gasteiger partial charge < -0.3 is 10.5 Å². The highest BCUT2D eigenvalue weighted by atomic mass is 35.5. The Bertz CT molecular complexity index is 525. The van der Waals surface area contributed by atoms with E-state index in [0.717, 1.165) is 24.2 Å². The first-order valence-electron chi connectivity index (χ1n) is 6.93. The van der Waals surface area contributed by atoms with Gasteiger partial charge in [-0.15, -0.1) is 19.0 Å². The van der Waals surface area contributed by atoms with E-state index in [-0.39, 0.29) is 18.4 Å². The van der Waals surface area contributed by atoms with E-state index in [0.29, 0.717) is 6.61 Å². The molecule has 0 amide bonds. The van der Waals surface area contributed by atoms with Gasteiger partial charge in [-0.3, -0.25) is 0 Å². The van der Waals surface area contributed by atoms with Gasteiger partial charge in [-0.2, -0.15) is 0 Å². The average Bonchev–Trinajstić information content (AvgIpc) is 2.52. The average molecular weight is 304 g/mol. The lowest BCUT2D eigenvalue weighted by atomic mass is 10.0.